The predicted octanol–water partition coefficient (Wildman–Crippen LogP) is 2.76. The van der Waals surface area contributed by atoms with Crippen molar-refractivity contribution in [2.24, 2.45) is 5.14 Å². The lowest BCUT2D eigenvalue weighted by Crippen LogP contribution is -2.20. The van der Waals surface area contributed by atoms with Crippen molar-refractivity contribution in [3.63, 3.8) is 0 Å². The lowest BCUT2D eigenvalue weighted by molar-refractivity contribution is 0.531. The van der Waals surface area contributed by atoms with Crippen molar-refractivity contribution in [3.8, 4) is 0 Å². The minimum Gasteiger partial charge on any atom is -0.229 e. The Hall–Kier alpha value is -1.77. The Labute approximate surface area is 153 Å². The maximum Gasteiger partial charge on any atom is 0.209 e. The molecule has 0 saturated heterocycles. The van der Waals surface area contributed by atoms with Crippen LogP contribution in [0.25, 0.3) is 0 Å². The van der Waals surface area contributed by atoms with Crippen LogP contribution in [0.1, 0.15) is 36.3 Å². The predicted molar refractivity (Wildman–Crippen MR) is 96.6 cm³/mol. The van der Waals surface area contributed by atoms with E-state index in [0.29, 0.717) is 6.42 Å². The molecule has 1 atom stereocenters. The van der Waals surface area contributed by atoms with Crippen LogP contribution >= 0.6 is 0 Å². The number of rotatable bonds is 5. The number of aryl methyl sites for hydroxylation is 1. The number of hydrogen-bond acceptors (Lipinski definition) is 4. The molecule has 0 saturated carbocycles. The molecule has 2 N–H and O–H groups in total. The van der Waals surface area contributed by atoms with Gasteiger partial charge >= 0.3 is 0 Å². The molecule has 0 unspecified atom stereocenters. The molecule has 5 nitrogen and oxygen atoms in total. The molecule has 26 heavy (non-hydrogen) atoms. The normalized spacial score (nSPS) is 17.7. The first kappa shape index (κ1) is 19.0. The van der Waals surface area contributed by atoms with Gasteiger partial charge < -0.3 is 0 Å². The van der Waals surface area contributed by atoms with Gasteiger partial charge in [0.1, 0.15) is 5.82 Å². The molecule has 3 rings (SSSR count). The minimum atomic E-state index is -3.80. The van der Waals surface area contributed by atoms with Crippen molar-refractivity contribution in [3.05, 3.63) is 59.4 Å². The van der Waals surface area contributed by atoms with Gasteiger partial charge in [-0.25, -0.2) is 26.4 Å². The molecular weight excluding hydrogens is 377 g/mol. The summed E-state index contributed by atoms with van der Waals surface area (Å²) in [7, 11) is -7.33. The van der Waals surface area contributed by atoms with Gasteiger partial charge in [-0.05, 0) is 73.1 Å². The fourth-order valence-corrected chi connectivity index (χ4v) is 5.39. The van der Waals surface area contributed by atoms with Crippen molar-refractivity contribution in [1.29, 1.82) is 0 Å². The van der Waals surface area contributed by atoms with E-state index in [1.54, 1.807) is 12.1 Å². The molecule has 140 valence electrons. The summed E-state index contributed by atoms with van der Waals surface area (Å²) in [5.41, 5.74) is 1.87. The van der Waals surface area contributed by atoms with Crippen LogP contribution < -0.4 is 5.14 Å². The van der Waals surface area contributed by atoms with Crippen LogP contribution in [0.2, 0.25) is 0 Å². The molecule has 8 heteroatoms. The van der Waals surface area contributed by atoms with E-state index in [4.69, 9.17) is 5.14 Å². The Kier molecular flexibility index (Phi) is 5.18. The van der Waals surface area contributed by atoms with Crippen molar-refractivity contribution in [2.45, 2.75) is 41.4 Å². The first-order valence-corrected chi connectivity index (χ1v) is 11.5. The maximum absolute atomic E-state index is 13.4. The summed E-state index contributed by atoms with van der Waals surface area (Å²) < 4.78 is 61.3. The number of primary sulfonamides is 1. The summed E-state index contributed by atoms with van der Waals surface area (Å²) in [5, 5.41) is 5.09. The largest absolute Gasteiger partial charge is 0.229 e. The minimum absolute atomic E-state index is 0.0444. The number of hydrogen-bond donors (Lipinski definition) is 1. The van der Waals surface area contributed by atoms with Gasteiger partial charge in [0.25, 0.3) is 0 Å². The van der Waals surface area contributed by atoms with Gasteiger partial charge in [0, 0.05) is 0 Å². The molecule has 0 heterocycles. The lowest BCUT2D eigenvalue weighted by atomic mass is 9.81. The summed E-state index contributed by atoms with van der Waals surface area (Å²) in [5.74, 6) is -0.657. The Balaban J connectivity index is 1.93. The van der Waals surface area contributed by atoms with Gasteiger partial charge in [-0.15, -0.1) is 0 Å². The maximum atomic E-state index is 13.4. The van der Waals surface area contributed by atoms with Gasteiger partial charge in [0.2, 0.25) is 19.9 Å². The molecule has 0 bridgehead atoms. The SMILES string of the molecule is NS(=O)(=O)CC[C@@H]1CCCc2cc(S(=O)(=O)c3cccc(F)c3)ccc21. The highest BCUT2D eigenvalue weighted by Gasteiger charge is 2.25. The Bertz CT molecular complexity index is 1030. The molecule has 0 aromatic heterocycles. The molecule has 0 radical (unpaired) electrons. The third kappa shape index (κ3) is 4.13. The zero-order valence-electron chi connectivity index (χ0n) is 14.1. The molecule has 0 fully saturated rings. The third-order valence-electron chi connectivity index (χ3n) is 4.72. The summed E-state index contributed by atoms with van der Waals surface area (Å²) in [6.07, 6.45) is 2.85. The quantitative estimate of drug-likeness (QED) is 0.839. The zero-order valence-corrected chi connectivity index (χ0v) is 15.7. The average molecular weight is 397 g/mol. The number of fused-ring (bicyclic) bond motifs is 1. The molecular formula is C18H20FNO4S2. The Morgan fingerprint density at radius 1 is 1.04 bits per heavy atom. The van der Waals surface area contributed by atoms with E-state index < -0.39 is 25.7 Å². The molecule has 1 aliphatic carbocycles. The van der Waals surface area contributed by atoms with Gasteiger partial charge in [0.05, 0.1) is 15.5 Å². The van der Waals surface area contributed by atoms with E-state index >= 15 is 0 Å². The van der Waals surface area contributed by atoms with E-state index in [1.807, 2.05) is 0 Å². The third-order valence-corrected chi connectivity index (χ3v) is 7.27. The van der Waals surface area contributed by atoms with E-state index in [2.05, 4.69) is 0 Å². The van der Waals surface area contributed by atoms with Crippen LogP contribution in [0.4, 0.5) is 4.39 Å². The van der Waals surface area contributed by atoms with Gasteiger partial charge in [-0.1, -0.05) is 12.1 Å². The summed E-state index contributed by atoms with van der Waals surface area (Å²) in [4.78, 5) is 0.0352. The topological polar surface area (TPSA) is 94.3 Å². The highest BCUT2D eigenvalue weighted by molar-refractivity contribution is 7.91. The highest BCUT2D eigenvalue weighted by atomic mass is 32.2. The first-order valence-electron chi connectivity index (χ1n) is 8.31. The fraction of sp³-hybridized carbons (Fsp3) is 0.333. The molecule has 0 amide bonds. The van der Waals surface area contributed by atoms with E-state index in [-0.39, 0.29) is 21.5 Å². The summed E-state index contributed by atoms with van der Waals surface area (Å²) >= 11 is 0. The van der Waals surface area contributed by atoms with Gasteiger partial charge in [-0.2, -0.15) is 0 Å². The average Bonchev–Trinajstić information content (AvgIpc) is 2.58. The van der Waals surface area contributed by atoms with E-state index in [0.717, 1.165) is 36.5 Å². The summed E-state index contributed by atoms with van der Waals surface area (Å²) in [6, 6.07) is 9.81. The number of nitrogens with two attached hydrogens (primary N) is 1. The molecule has 0 spiro atoms. The number of benzene rings is 2. The smallest absolute Gasteiger partial charge is 0.209 e. The molecule has 2 aromatic carbocycles. The van der Waals surface area contributed by atoms with Crippen molar-refractivity contribution in [2.75, 3.05) is 5.75 Å². The first-order chi connectivity index (χ1) is 12.2. The monoisotopic (exact) mass is 397 g/mol. The molecule has 1 aliphatic rings. The van der Waals surface area contributed by atoms with Crippen LogP contribution in [0.15, 0.2) is 52.3 Å². The van der Waals surface area contributed by atoms with Gasteiger partial charge in [0.15, 0.2) is 0 Å². The summed E-state index contributed by atoms with van der Waals surface area (Å²) in [6.45, 7) is 0. The van der Waals surface area contributed by atoms with Gasteiger partial charge in [-0.3, -0.25) is 0 Å². The fourth-order valence-electron chi connectivity index (χ4n) is 3.44. The zero-order chi connectivity index (χ0) is 18.9. The van der Waals surface area contributed by atoms with Crippen LogP contribution in [-0.4, -0.2) is 22.6 Å². The standard InChI is InChI=1S/C18H20FNO4S2/c19-15-5-2-6-16(12-15)26(23,24)17-7-8-18-13(9-10-25(20,21)22)3-1-4-14(18)11-17/h2,5-8,11-13H,1,3-4,9-10H2,(H2,20,21,22)/t13-/m0/s1. The molecule has 0 aliphatic heterocycles. The number of halogens is 1. The number of sulfonamides is 1. The van der Waals surface area contributed by atoms with Crippen molar-refractivity contribution >= 4 is 19.9 Å². The highest BCUT2D eigenvalue weighted by Crippen LogP contribution is 2.36. The second-order valence-corrected chi connectivity index (χ2v) is 10.2. The second kappa shape index (κ2) is 7.09. The molecule has 2 aromatic rings. The second-order valence-electron chi connectivity index (χ2n) is 6.57. The van der Waals surface area contributed by atoms with Crippen molar-refractivity contribution in [1.82, 2.24) is 0 Å². The van der Waals surface area contributed by atoms with Crippen LogP contribution in [-0.2, 0) is 26.3 Å². The van der Waals surface area contributed by atoms with Crippen molar-refractivity contribution < 1.29 is 21.2 Å². The van der Waals surface area contributed by atoms with E-state index in [1.165, 1.54) is 24.3 Å². The van der Waals surface area contributed by atoms with Crippen LogP contribution in [0.3, 0.4) is 0 Å². The van der Waals surface area contributed by atoms with Crippen LogP contribution in [0, 0.1) is 5.82 Å². The Morgan fingerprint density at radius 3 is 2.46 bits per heavy atom. The lowest BCUT2D eigenvalue weighted by Gasteiger charge is -2.26. The van der Waals surface area contributed by atoms with Crippen LogP contribution in [0.5, 0.6) is 0 Å². The number of sulfone groups is 1. The van der Waals surface area contributed by atoms with E-state index in [9.17, 15) is 21.2 Å². The Morgan fingerprint density at radius 2 is 1.77 bits per heavy atom.